The molecule has 0 unspecified atom stereocenters. The van der Waals surface area contributed by atoms with Crippen LogP contribution in [-0.2, 0) is 9.59 Å². The number of rotatable bonds is 8. The van der Waals surface area contributed by atoms with Crippen molar-refractivity contribution in [1.82, 2.24) is 20.2 Å². The molecule has 5 rings (SSSR count). The third-order valence-corrected chi connectivity index (χ3v) is 8.04. The molecule has 0 aliphatic heterocycles. The molecule has 0 saturated heterocycles. The number of amides is 2. The summed E-state index contributed by atoms with van der Waals surface area (Å²) >= 11 is 3.96. The van der Waals surface area contributed by atoms with Crippen molar-refractivity contribution >= 4 is 79.9 Å². The Labute approximate surface area is 213 Å². The van der Waals surface area contributed by atoms with Crippen LogP contribution in [0.2, 0.25) is 0 Å². The van der Waals surface area contributed by atoms with Crippen LogP contribution in [0.3, 0.4) is 0 Å². The van der Waals surface area contributed by atoms with E-state index in [1.165, 1.54) is 34.9 Å². The summed E-state index contributed by atoms with van der Waals surface area (Å²) in [6, 6.07) is 19.0. The number of benzene rings is 2. The summed E-state index contributed by atoms with van der Waals surface area (Å²) in [7, 11) is 0. The predicted molar refractivity (Wildman–Crippen MR) is 142 cm³/mol. The first-order chi connectivity index (χ1) is 17.2. The number of hydrogen-bond acceptors (Lipinski definition) is 9. The highest BCUT2D eigenvalue weighted by molar-refractivity contribution is 8.03. The van der Waals surface area contributed by atoms with Gasteiger partial charge in [0, 0.05) is 23.2 Å². The molecule has 0 fully saturated rings. The highest BCUT2D eigenvalue weighted by Gasteiger charge is 2.13. The van der Waals surface area contributed by atoms with Gasteiger partial charge in [-0.2, -0.15) is 0 Å². The molecule has 2 aromatic carbocycles. The number of aromatic nitrogens is 4. The lowest BCUT2D eigenvalue weighted by molar-refractivity contribution is -0.114. The van der Waals surface area contributed by atoms with Crippen molar-refractivity contribution in [2.45, 2.75) is 8.68 Å². The maximum Gasteiger partial charge on any atom is 0.234 e. The molecule has 5 aromatic rings. The van der Waals surface area contributed by atoms with Crippen LogP contribution in [0, 0.1) is 0 Å². The Balaban J connectivity index is 1.12. The van der Waals surface area contributed by atoms with Crippen molar-refractivity contribution in [3.63, 3.8) is 0 Å². The lowest BCUT2D eigenvalue weighted by Gasteiger charge is -2.07. The van der Waals surface area contributed by atoms with Crippen molar-refractivity contribution in [2.24, 2.45) is 0 Å². The summed E-state index contributed by atoms with van der Waals surface area (Å²) in [5, 5.41) is 16.0. The smallest absolute Gasteiger partial charge is 0.234 e. The quantitative estimate of drug-likeness (QED) is 0.273. The van der Waals surface area contributed by atoms with Crippen molar-refractivity contribution in [1.29, 1.82) is 0 Å². The van der Waals surface area contributed by atoms with Gasteiger partial charge in [0.05, 0.1) is 33.9 Å². The highest BCUT2D eigenvalue weighted by atomic mass is 32.2. The van der Waals surface area contributed by atoms with Crippen LogP contribution in [0.4, 0.5) is 11.4 Å². The second-order valence-electron chi connectivity index (χ2n) is 7.27. The van der Waals surface area contributed by atoms with E-state index < -0.39 is 0 Å². The molecule has 0 aliphatic carbocycles. The van der Waals surface area contributed by atoms with Gasteiger partial charge in [-0.05, 0) is 24.3 Å². The van der Waals surface area contributed by atoms with Crippen LogP contribution in [0.1, 0.15) is 0 Å². The molecule has 0 radical (unpaired) electrons. The molecule has 0 bridgehead atoms. The van der Waals surface area contributed by atoms with Crippen LogP contribution >= 0.6 is 34.9 Å². The Bertz CT molecular complexity index is 1400. The number of thioether (sulfide) groups is 2. The van der Waals surface area contributed by atoms with E-state index in [2.05, 4.69) is 30.8 Å². The molecule has 0 saturated carbocycles. The largest absolute Gasteiger partial charge is 0.323 e. The standard InChI is InChI=1S/C24H18N6O2S3/c31-19(27-17-9-1-5-15-7-3-11-25-21(15)17)13-33-23-29-30-24(35-23)34-14-20(32)28-18-10-2-6-16-8-4-12-26-22(16)18/h1-12H,13-14H2,(H,27,31)(H,28,32). The molecule has 11 heteroatoms. The Kier molecular flexibility index (Phi) is 7.17. The lowest BCUT2D eigenvalue weighted by Crippen LogP contribution is -2.14. The molecular formula is C24H18N6O2S3. The summed E-state index contributed by atoms with van der Waals surface area (Å²) in [6.45, 7) is 0. The second-order valence-corrected chi connectivity index (χ2v) is 10.7. The number of para-hydroxylation sites is 2. The fourth-order valence-electron chi connectivity index (χ4n) is 3.35. The van der Waals surface area contributed by atoms with E-state index in [0.717, 1.165) is 21.8 Å². The first-order valence-corrected chi connectivity index (χ1v) is 13.3. The first-order valence-electron chi connectivity index (χ1n) is 10.5. The normalized spacial score (nSPS) is 11.0. The van der Waals surface area contributed by atoms with Crippen LogP contribution in [0.15, 0.2) is 81.7 Å². The predicted octanol–water partition coefficient (Wildman–Crippen LogP) is 5.10. The molecule has 174 valence electrons. The van der Waals surface area contributed by atoms with Gasteiger partial charge in [0.25, 0.3) is 0 Å². The van der Waals surface area contributed by atoms with Crippen molar-refractivity contribution in [3.05, 3.63) is 73.1 Å². The van der Waals surface area contributed by atoms with Gasteiger partial charge < -0.3 is 10.6 Å². The van der Waals surface area contributed by atoms with Gasteiger partial charge in [-0.3, -0.25) is 19.6 Å². The number of nitrogens with zero attached hydrogens (tertiary/aromatic N) is 4. The monoisotopic (exact) mass is 518 g/mol. The molecule has 3 heterocycles. The minimum atomic E-state index is -0.152. The number of fused-ring (bicyclic) bond motifs is 2. The second kappa shape index (κ2) is 10.8. The van der Waals surface area contributed by atoms with E-state index in [0.29, 0.717) is 20.1 Å². The van der Waals surface area contributed by atoms with Gasteiger partial charge in [-0.15, -0.1) is 10.2 Å². The van der Waals surface area contributed by atoms with Crippen molar-refractivity contribution in [3.8, 4) is 0 Å². The van der Waals surface area contributed by atoms with Gasteiger partial charge in [-0.1, -0.05) is 71.3 Å². The average molecular weight is 519 g/mol. The topological polar surface area (TPSA) is 110 Å². The van der Waals surface area contributed by atoms with Gasteiger partial charge in [-0.25, -0.2) is 0 Å². The number of carbonyl (C=O) groups is 2. The first kappa shape index (κ1) is 23.2. The van der Waals surface area contributed by atoms with Gasteiger partial charge in [0.1, 0.15) is 0 Å². The van der Waals surface area contributed by atoms with Crippen molar-refractivity contribution < 1.29 is 9.59 Å². The van der Waals surface area contributed by atoms with E-state index in [1.807, 2.05) is 60.7 Å². The maximum atomic E-state index is 12.5. The fraction of sp³-hybridized carbons (Fsp3) is 0.0833. The fourth-order valence-corrected chi connectivity index (χ4v) is 5.97. The molecule has 2 amide bonds. The maximum absolute atomic E-state index is 12.5. The van der Waals surface area contributed by atoms with Crippen molar-refractivity contribution in [2.75, 3.05) is 22.1 Å². The Morgan fingerprint density at radius 2 is 1.14 bits per heavy atom. The SMILES string of the molecule is O=C(CSc1nnc(SCC(=O)Nc2cccc3cccnc23)s1)Nc1cccc2cccnc12. The summed E-state index contributed by atoms with van der Waals surface area (Å²) in [6.07, 6.45) is 3.40. The van der Waals surface area contributed by atoms with Gasteiger partial charge in [0.15, 0.2) is 8.68 Å². The van der Waals surface area contributed by atoms with Crippen LogP contribution < -0.4 is 10.6 Å². The third-order valence-electron chi connectivity index (χ3n) is 4.86. The van der Waals surface area contributed by atoms with Crippen LogP contribution in [0.25, 0.3) is 21.8 Å². The van der Waals surface area contributed by atoms with Gasteiger partial charge >= 0.3 is 0 Å². The number of hydrogen-bond donors (Lipinski definition) is 2. The zero-order valence-electron chi connectivity index (χ0n) is 18.2. The highest BCUT2D eigenvalue weighted by Crippen LogP contribution is 2.29. The minimum absolute atomic E-state index is 0.152. The van der Waals surface area contributed by atoms with E-state index in [-0.39, 0.29) is 23.3 Å². The summed E-state index contributed by atoms with van der Waals surface area (Å²) in [5.74, 6) is 0.0787. The number of anilines is 2. The summed E-state index contributed by atoms with van der Waals surface area (Å²) in [4.78, 5) is 33.6. The summed E-state index contributed by atoms with van der Waals surface area (Å²) < 4.78 is 1.33. The minimum Gasteiger partial charge on any atom is -0.323 e. The third kappa shape index (κ3) is 5.76. The van der Waals surface area contributed by atoms with Gasteiger partial charge in [0.2, 0.25) is 11.8 Å². The molecule has 2 N–H and O–H groups in total. The molecule has 0 atom stereocenters. The van der Waals surface area contributed by atoms with E-state index in [4.69, 9.17) is 0 Å². The summed E-state index contributed by atoms with van der Waals surface area (Å²) in [5.41, 5.74) is 2.85. The Morgan fingerprint density at radius 1 is 0.686 bits per heavy atom. The Hall–Kier alpha value is -3.54. The molecular weight excluding hydrogens is 501 g/mol. The molecule has 35 heavy (non-hydrogen) atoms. The molecule has 0 aliphatic rings. The van der Waals surface area contributed by atoms with E-state index in [1.54, 1.807) is 12.4 Å². The number of nitrogens with one attached hydrogen (secondary N) is 2. The van der Waals surface area contributed by atoms with Crippen LogP contribution in [0.5, 0.6) is 0 Å². The molecule has 3 aromatic heterocycles. The Morgan fingerprint density at radius 3 is 1.63 bits per heavy atom. The molecule has 0 spiro atoms. The number of pyridine rings is 2. The lowest BCUT2D eigenvalue weighted by atomic mass is 10.2. The average Bonchev–Trinajstić information content (AvgIpc) is 3.35. The van der Waals surface area contributed by atoms with E-state index in [9.17, 15) is 9.59 Å². The zero-order valence-corrected chi connectivity index (χ0v) is 20.6. The zero-order chi connectivity index (χ0) is 24.0. The molecule has 8 nitrogen and oxygen atoms in total. The van der Waals surface area contributed by atoms with E-state index >= 15 is 0 Å². The number of carbonyl (C=O) groups excluding carboxylic acids is 2. The van der Waals surface area contributed by atoms with Crippen LogP contribution in [-0.4, -0.2) is 43.5 Å².